The lowest BCUT2D eigenvalue weighted by Crippen LogP contribution is -1.88. The van der Waals surface area contributed by atoms with E-state index in [4.69, 9.17) is 5.39 Å². The summed E-state index contributed by atoms with van der Waals surface area (Å²) in [4.78, 5) is 12.6. The standard InChI is InChI=1S/C7H6N3O2/c1-5-3-2-4-6(10(11)12)7(5)9-8/h2-4H,1H3/q+1. The fourth-order valence-corrected chi connectivity index (χ4v) is 0.921. The molecule has 5 heteroatoms. The van der Waals surface area contributed by atoms with Gasteiger partial charge in [-0.1, -0.05) is 12.1 Å². The van der Waals surface area contributed by atoms with Gasteiger partial charge in [0.05, 0.1) is 10.5 Å². The van der Waals surface area contributed by atoms with E-state index in [1.54, 1.807) is 19.1 Å². The number of benzene rings is 1. The summed E-state index contributed by atoms with van der Waals surface area (Å²) in [6, 6.07) is 4.48. The van der Waals surface area contributed by atoms with E-state index in [-0.39, 0.29) is 11.4 Å². The number of hydrogen-bond donors (Lipinski definition) is 0. The quantitative estimate of drug-likeness (QED) is 0.363. The summed E-state index contributed by atoms with van der Waals surface area (Å²) in [6.45, 7) is 1.64. The molecule has 0 spiro atoms. The van der Waals surface area contributed by atoms with E-state index in [9.17, 15) is 10.1 Å². The Labute approximate surface area is 68.4 Å². The monoisotopic (exact) mass is 164 g/mol. The van der Waals surface area contributed by atoms with Crippen molar-refractivity contribution in [3.05, 3.63) is 38.9 Å². The molecule has 0 unspecified atom stereocenters. The van der Waals surface area contributed by atoms with Gasteiger partial charge in [-0.2, -0.15) is 0 Å². The van der Waals surface area contributed by atoms with Crippen LogP contribution in [0, 0.1) is 22.4 Å². The minimum atomic E-state index is -0.581. The van der Waals surface area contributed by atoms with Crippen molar-refractivity contribution in [2.24, 2.45) is 0 Å². The Morgan fingerprint density at radius 3 is 2.67 bits per heavy atom. The van der Waals surface area contributed by atoms with Crippen LogP contribution in [-0.2, 0) is 0 Å². The van der Waals surface area contributed by atoms with Crippen molar-refractivity contribution in [2.75, 3.05) is 0 Å². The number of nitro benzene ring substituents is 1. The molecule has 1 aromatic carbocycles. The maximum atomic E-state index is 10.4. The van der Waals surface area contributed by atoms with Crippen LogP contribution in [0.2, 0.25) is 0 Å². The third-order valence-corrected chi connectivity index (χ3v) is 1.51. The van der Waals surface area contributed by atoms with E-state index in [1.807, 2.05) is 0 Å². The van der Waals surface area contributed by atoms with Crippen LogP contribution in [0.15, 0.2) is 18.2 Å². The van der Waals surface area contributed by atoms with Crippen LogP contribution in [0.25, 0.3) is 4.98 Å². The van der Waals surface area contributed by atoms with E-state index in [1.165, 1.54) is 6.07 Å². The zero-order valence-electron chi connectivity index (χ0n) is 6.39. The Bertz CT molecular complexity index is 367. The topological polar surface area (TPSA) is 71.3 Å². The van der Waals surface area contributed by atoms with Gasteiger partial charge in [0.1, 0.15) is 0 Å². The highest BCUT2D eigenvalue weighted by Crippen LogP contribution is 2.29. The Hall–Kier alpha value is -1.96. The Morgan fingerprint density at radius 1 is 1.58 bits per heavy atom. The second-order valence-corrected chi connectivity index (χ2v) is 2.30. The minimum Gasteiger partial charge on any atom is -0.258 e. The maximum absolute atomic E-state index is 10.4. The number of rotatable bonds is 1. The lowest BCUT2D eigenvalue weighted by Gasteiger charge is -1.88. The van der Waals surface area contributed by atoms with Gasteiger partial charge >= 0.3 is 11.4 Å². The molecular formula is C7H6N3O2+. The summed E-state index contributed by atoms with van der Waals surface area (Å²) in [5.74, 6) is 0. The van der Waals surface area contributed by atoms with Crippen molar-refractivity contribution in [1.29, 1.82) is 5.39 Å². The second kappa shape index (κ2) is 2.96. The molecule has 1 aromatic rings. The summed E-state index contributed by atoms with van der Waals surface area (Å²) >= 11 is 0. The number of aryl methyl sites for hydroxylation is 1. The number of nitro groups is 1. The molecule has 0 saturated carbocycles. The van der Waals surface area contributed by atoms with Crippen LogP contribution < -0.4 is 0 Å². The van der Waals surface area contributed by atoms with Gasteiger partial charge in [-0.3, -0.25) is 10.1 Å². The first-order valence-electron chi connectivity index (χ1n) is 3.26. The molecule has 0 radical (unpaired) electrons. The fraction of sp³-hybridized carbons (Fsp3) is 0.143. The molecule has 60 valence electrons. The largest absolute Gasteiger partial charge is 0.463 e. The lowest BCUT2D eigenvalue weighted by molar-refractivity contribution is -0.383. The van der Waals surface area contributed by atoms with Crippen LogP contribution in [0.1, 0.15) is 5.56 Å². The summed E-state index contributed by atoms with van der Waals surface area (Å²) in [5, 5.41) is 18.8. The molecule has 1 rings (SSSR count). The van der Waals surface area contributed by atoms with Crippen LogP contribution in [0.4, 0.5) is 11.4 Å². The molecule has 0 saturated heterocycles. The van der Waals surface area contributed by atoms with Crippen molar-refractivity contribution < 1.29 is 4.92 Å². The van der Waals surface area contributed by atoms with E-state index >= 15 is 0 Å². The first-order valence-corrected chi connectivity index (χ1v) is 3.26. The van der Waals surface area contributed by atoms with E-state index in [0.29, 0.717) is 5.56 Å². The average molecular weight is 164 g/mol. The molecule has 12 heavy (non-hydrogen) atoms. The lowest BCUT2D eigenvalue weighted by atomic mass is 10.2. The Morgan fingerprint density at radius 2 is 2.25 bits per heavy atom. The minimum absolute atomic E-state index is 0.0162. The number of diazo groups is 1. The highest BCUT2D eigenvalue weighted by atomic mass is 16.6. The van der Waals surface area contributed by atoms with Crippen molar-refractivity contribution in [2.45, 2.75) is 6.92 Å². The summed E-state index contributed by atoms with van der Waals surface area (Å²) in [6.07, 6.45) is 0. The Kier molecular flexibility index (Phi) is 2.01. The van der Waals surface area contributed by atoms with Gasteiger partial charge in [-0.15, -0.1) is 0 Å². The molecule has 0 aliphatic carbocycles. The highest BCUT2D eigenvalue weighted by molar-refractivity contribution is 5.66. The molecule has 0 N–H and O–H groups in total. The van der Waals surface area contributed by atoms with Crippen molar-refractivity contribution in [3.63, 3.8) is 0 Å². The predicted octanol–water partition coefficient (Wildman–Crippen LogP) is 2.39. The first-order chi connectivity index (χ1) is 5.66. The molecule has 0 bridgehead atoms. The van der Waals surface area contributed by atoms with Gasteiger partial charge < -0.3 is 0 Å². The molecule has 0 aliphatic rings. The van der Waals surface area contributed by atoms with Gasteiger partial charge in [0.25, 0.3) is 0 Å². The molecule has 0 atom stereocenters. The van der Waals surface area contributed by atoms with Crippen molar-refractivity contribution in [1.82, 2.24) is 0 Å². The number of nitrogens with zero attached hydrogens (tertiary/aromatic N) is 3. The van der Waals surface area contributed by atoms with Gasteiger partial charge in [0.2, 0.25) is 5.39 Å². The SMILES string of the molecule is Cc1cccc([N+](=O)[O-])c1[N+]#N. The molecule has 5 nitrogen and oxygen atoms in total. The van der Waals surface area contributed by atoms with Crippen LogP contribution in [0.5, 0.6) is 0 Å². The normalized spacial score (nSPS) is 9.00. The smallest absolute Gasteiger partial charge is 0.258 e. The molecule has 0 aromatic heterocycles. The van der Waals surface area contributed by atoms with Crippen molar-refractivity contribution >= 4 is 11.4 Å². The molecule has 0 heterocycles. The fourth-order valence-electron chi connectivity index (χ4n) is 0.921. The zero-order chi connectivity index (χ0) is 9.14. The molecular weight excluding hydrogens is 158 g/mol. The van der Waals surface area contributed by atoms with Gasteiger partial charge in [-0.25, -0.2) is 0 Å². The van der Waals surface area contributed by atoms with Crippen LogP contribution in [-0.4, -0.2) is 4.92 Å². The predicted molar refractivity (Wildman–Crippen MR) is 42.6 cm³/mol. The molecule has 0 aliphatic heterocycles. The average Bonchev–Trinajstić information content (AvgIpc) is 2.03. The van der Waals surface area contributed by atoms with E-state index < -0.39 is 4.92 Å². The third-order valence-electron chi connectivity index (χ3n) is 1.51. The van der Waals surface area contributed by atoms with E-state index in [2.05, 4.69) is 4.98 Å². The molecule has 0 amide bonds. The van der Waals surface area contributed by atoms with Crippen LogP contribution in [0.3, 0.4) is 0 Å². The summed E-state index contributed by atoms with van der Waals surface area (Å²) < 4.78 is 0. The molecule has 0 fully saturated rings. The summed E-state index contributed by atoms with van der Waals surface area (Å²) in [7, 11) is 0. The first kappa shape index (κ1) is 8.14. The number of hydrogen-bond acceptors (Lipinski definition) is 3. The zero-order valence-corrected chi connectivity index (χ0v) is 6.39. The summed E-state index contributed by atoms with van der Waals surface area (Å²) in [5.41, 5.74) is 0.409. The highest BCUT2D eigenvalue weighted by Gasteiger charge is 2.26. The van der Waals surface area contributed by atoms with Gasteiger partial charge in [0.15, 0.2) is 4.98 Å². The Balaban J connectivity index is 3.40. The van der Waals surface area contributed by atoms with Crippen LogP contribution >= 0.6 is 0 Å². The maximum Gasteiger partial charge on any atom is 0.463 e. The van der Waals surface area contributed by atoms with Gasteiger partial charge in [0, 0.05) is 6.07 Å². The second-order valence-electron chi connectivity index (χ2n) is 2.30. The van der Waals surface area contributed by atoms with Gasteiger partial charge in [-0.05, 0) is 6.92 Å². The van der Waals surface area contributed by atoms with Crippen molar-refractivity contribution in [3.8, 4) is 0 Å². The van der Waals surface area contributed by atoms with E-state index in [0.717, 1.165) is 0 Å². The third kappa shape index (κ3) is 1.22.